The highest BCUT2D eigenvalue weighted by Gasteiger charge is 2.12. The normalized spacial score (nSPS) is 12.1. The minimum Gasteiger partial charge on any atom is -0.382 e. The average molecular weight is 294 g/mol. The summed E-state index contributed by atoms with van der Waals surface area (Å²) >= 11 is 0. The van der Waals surface area contributed by atoms with Gasteiger partial charge in [-0.25, -0.2) is 0 Å². The second-order valence-corrected chi connectivity index (χ2v) is 4.94. The third kappa shape index (κ3) is 7.22. The van der Waals surface area contributed by atoms with Crippen LogP contribution >= 0.6 is 0 Å². The van der Waals surface area contributed by atoms with Gasteiger partial charge >= 0.3 is 0 Å². The molecule has 1 unspecified atom stereocenters. The molecule has 1 atom stereocenters. The molecular formula is C16H26N2O3. The van der Waals surface area contributed by atoms with Gasteiger partial charge in [0.2, 0.25) is 5.91 Å². The fraction of sp³-hybridized carbons (Fsp3) is 0.562. The van der Waals surface area contributed by atoms with Gasteiger partial charge in [-0.1, -0.05) is 26.0 Å². The molecule has 0 heterocycles. The van der Waals surface area contributed by atoms with Crippen LogP contribution in [0.1, 0.15) is 19.4 Å². The number of nitrogens with one attached hydrogen (secondary N) is 2. The van der Waals surface area contributed by atoms with Gasteiger partial charge in [-0.05, 0) is 24.2 Å². The van der Waals surface area contributed by atoms with E-state index in [1.807, 2.05) is 38.1 Å². The zero-order valence-corrected chi connectivity index (χ0v) is 13.1. The zero-order chi connectivity index (χ0) is 15.5. The molecule has 0 spiro atoms. The molecule has 0 aliphatic heterocycles. The van der Waals surface area contributed by atoms with Crippen LogP contribution in [0.4, 0.5) is 5.69 Å². The molecule has 0 bridgehead atoms. The number of anilines is 1. The summed E-state index contributed by atoms with van der Waals surface area (Å²) in [6.07, 6.45) is 0. The summed E-state index contributed by atoms with van der Waals surface area (Å²) in [5.41, 5.74) is 1.83. The fourth-order valence-corrected chi connectivity index (χ4v) is 1.79. The van der Waals surface area contributed by atoms with Crippen LogP contribution in [0, 0.1) is 5.92 Å². The topological polar surface area (TPSA) is 59.6 Å². The Hall–Kier alpha value is -1.43. The molecule has 0 radical (unpaired) electrons. The third-order valence-electron chi connectivity index (χ3n) is 3.04. The van der Waals surface area contributed by atoms with E-state index in [4.69, 9.17) is 9.47 Å². The van der Waals surface area contributed by atoms with Crippen molar-refractivity contribution in [3.05, 3.63) is 29.8 Å². The maximum absolute atomic E-state index is 12.0. The molecule has 0 fully saturated rings. The van der Waals surface area contributed by atoms with Crippen LogP contribution in [0.2, 0.25) is 0 Å². The first-order chi connectivity index (χ1) is 10.2. The molecule has 118 valence electrons. The van der Waals surface area contributed by atoms with E-state index in [0.717, 1.165) is 17.8 Å². The van der Waals surface area contributed by atoms with Crippen molar-refractivity contribution in [2.75, 3.05) is 38.7 Å². The molecular weight excluding hydrogens is 268 g/mol. The second-order valence-electron chi connectivity index (χ2n) is 4.94. The van der Waals surface area contributed by atoms with Crippen molar-refractivity contribution in [2.24, 2.45) is 5.92 Å². The number of methoxy groups -OCH3 is 1. The van der Waals surface area contributed by atoms with Crippen molar-refractivity contribution in [3.63, 3.8) is 0 Å². The van der Waals surface area contributed by atoms with Crippen molar-refractivity contribution in [2.45, 2.75) is 20.5 Å². The Morgan fingerprint density at radius 1 is 1.33 bits per heavy atom. The van der Waals surface area contributed by atoms with E-state index >= 15 is 0 Å². The highest BCUT2D eigenvalue weighted by molar-refractivity contribution is 5.92. The summed E-state index contributed by atoms with van der Waals surface area (Å²) in [7, 11) is 1.65. The minimum atomic E-state index is -0.0634. The van der Waals surface area contributed by atoms with Gasteiger partial charge < -0.3 is 20.1 Å². The van der Waals surface area contributed by atoms with Gasteiger partial charge in [0.05, 0.1) is 19.8 Å². The summed E-state index contributed by atoms with van der Waals surface area (Å²) in [5.74, 6) is -0.0417. The Labute approximate surface area is 127 Å². The fourth-order valence-electron chi connectivity index (χ4n) is 1.79. The predicted molar refractivity (Wildman–Crippen MR) is 84.3 cm³/mol. The van der Waals surface area contributed by atoms with Crippen LogP contribution < -0.4 is 10.6 Å². The largest absolute Gasteiger partial charge is 0.382 e. The molecule has 1 rings (SSSR count). The van der Waals surface area contributed by atoms with Crippen LogP contribution in [-0.4, -0.2) is 39.3 Å². The lowest BCUT2D eigenvalue weighted by atomic mass is 10.1. The van der Waals surface area contributed by atoms with Crippen LogP contribution in [0.5, 0.6) is 0 Å². The number of carbonyl (C=O) groups is 1. The van der Waals surface area contributed by atoms with E-state index in [9.17, 15) is 4.79 Å². The Bertz CT molecular complexity index is 424. The Morgan fingerprint density at radius 3 is 2.86 bits per heavy atom. The first-order valence-corrected chi connectivity index (χ1v) is 7.34. The van der Waals surface area contributed by atoms with Gasteiger partial charge in [-0.2, -0.15) is 0 Å². The highest BCUT2D eigenvalue weighted by Crippen LogP contribution is 2.12. The Morgan fingerprint density at radius 2 is 2.14 bits per heavy atom. The highest BCUT2D eigenvalue weighted by atomic mass is 16.5. The zero-order valence-electron chi connectivity index (χ0n) is 13.1. The summed E-state index contributed by atoms with van der Waals surface area (Å²) in [4.78, 5) is 12.0. The molecule has 1 aromatic carbocycles. The lowest BCUT2D eigenvalue weighted by Crippen LogP contribution is -2.30. The van der Waals surface area contributed by atoms with Crippen molar-refractivity contribution >= 4 is 11.6 Å². The lowest BCUT2D eigenvalue weighted by molar-refractivity contribution is -0.119. The van der Waals surface area contributed by atoms with Crippen LogP contribution in [0.25, 0.3) is 0 Å². The Balaban J connectivity index is 2.46. The molecule has 5 heteroatoms. The average Bonchev–Trinajstić information content (AvgIpc) is 2.49. The predicted octanol–water partition coefficient (Wildman–Crippen LogP) is 2.03. The van der Waals surface area contributed by atoms with E-state index in [1.165, 1.54) is 0 Å². The van der Waals surface area contributed by atoms with Gasteiger partial charge in [0.25, 0.3) is 0 Å². The smallest absolute Gasteiger partial charge is 0.228 e. The minimum absolute atomic E-state index is 0.0217. The van der Waals surface area contributed by atoms with E-state index in [1.54, 1.807) is 7.11 Å². The molecule has 0 aliphatic carbocycles. The quantitative estimate of drug-likeness (QED) is 0.648. The maximum Gasteiger partial charge on any atom is 0.228 e. The standard InChI is InChI=1S/C16H26N2O3/c1-4-17-11-13(2)16(19)18-15-7-5-6-14(10-15)12-21-9-8-20-3/h5-7,10,13,17H,4,8-9,11-12H2,1-3H3,(H,18,19). The van der Waals surface area contributed by atoms with Crippen LogP contribution in [0.3, 0.4) is 0 Å². The molecule has 0 aromatic heterocycles. The first kappa shape index (κ1) is 17.6. The summed E-state index contributed by atoms with van der Waals surface area (Å²) in [6, 6.07) is 7.71. The molecule has 0 saturated carbocycles. The van der Waals surface area contributed by atoms with Gasteiger partial charge in [0.15, 0.2) is 0 Å². The van der Waals surface area contributed by atoms with Crippen LogP contribution in [-0.2, 0) is 20.9 Å². The van der Waals surface area contributed by atoms with E-state index < -0.39 is 0 Å². The summed E-state index contributed by atoms with van der Waals surface area (Å²) in [6.45, 7) is 7.15. The number of carbonyl (C=O) groups excluding carboxylic acids is 1. The number of ether oxygens (including phenoxy) is 2. The van der Waals surface area contributed by atoms with Crippen LogP contribution in [0.15, 0.2) is 24.3 Å². The van der Waals surface area contributed by atoms with E-state index in [2.05, 4.69) is 10.6 Å². The maximum atomic E-state index is 12.0. The second kappa shape index (κ2) is 10.3. The van der Waals surface area contributed by atoms with Crippen molar-refractivity contribution in [3.8, 4) is 0 Å². The number of rotatable bonds is 10. The SMILES string of the molecule is CCNCC(C)C(=O)Nc1cccc(COCCOC)c1. The van der Waals surface area contributed by atoms with Gasteiger partial charge in [0, 0.05) is 25.3 Å². The molecule has 21 heavy (non-hydrogen) atoms. The number of benzene rings is 1. The molecule has 0 saturated heterocycles. The van der Waals surface area contributed by atoms with Gasteiger partial charge in [0.1, 0.15) is 0 Å². The summed E-state index contributed by atoms with van der Waals surface area (Å²) < 4.78 is 10.4. The van der Waals surface area contributed by atoms with Crippen molar-refractivity contribution in [1.82, 2.24) is 5.32 Å². The van der Waals surface area contributed by atoms with Crippen molar-refractivity contribution < 1.29 is 14.3 Å². The van der Waals surface area contributed by atoms with E-state index in [-0.39, 0.29) is 11.8 Å². The molecule has 1 aromatic rings. The third-order valence-corrected chi connectivity index (χ3v) is 3.04. The summed E-state index contributed by atoms with van der Waals surface area (Å²) in [5, 5.41) is 6.11. The number of hydrogen-bond donors (Lipinski definition) is 2. The molecule has 1 amide bonds. The Kier molecular flexibility index (Phi) is 8.66. The van der Waals surface area contributed by atoms with Gasteiger partial charge in [-0.3, -0.25) is 4.79 Å². The van der Waals surface area contributed by atoms with Gasteiger partial charge in [-0.15, -0.1) is 0 Å². The molecule has 2 N–H and O–H groups in total. The monoisotopic (exact) mass is 294 g/mol. The lowest BCUT2D eigenvalue weighted by Gasteiger charge is -2.13. The molecule has 0 aliphatic rings. The number of hydrogen-bond acceptors (Lipinski definition) is 4. The molecule has 5 nitrogen and oxygen atoms in total. The first-order valence-electron chi connectivity index (χ1n) is 7.34. The van der Waals surface area contributed by atoms with E-state index in [0.29, 0.717) is 26.4 Å². The van der Waals surface area contributed by atoms with Crippen molar-refractivity contribution in [1.29, 1.82) is 0 Å². The number of amides is 1.